The first-order valence-corrected chi connectivity index (χ1v) is 11.4. The predicted molar refractivity (Wildman–Crippen MR) is 118 cm³/mol. The fourth-order valence-electron chi connectivity index (χ4n) is 3.49. The minimum absolute atomic E-state index is 0.0463. The number of fused-ring (bicyclic) bond motifs is 1. The van der Waals surface area contributed by atoms with Gasteiger partial charge in [-0.1, -0.05) is 18.2 Å². The zero-order valence-corrected chi connectivity index (χ0v) is 18.6. The maximum Gasteiger partial charge on any atom is 0.241 e. The van der Waals surface area contributed by atoms with Crippen LogP contribution in [0.25, 0.3) is 11.0 Å². The number of benzene rings is 2. The summed E-state index contributed by atoms with van der Waals surface area (Å²) >= 11 is 0. The molecule has 0 bridgehead atoms. The van der Waals surface area contributed by atoms with Crippen molar-refractivity contribution in [2.75, 3.05) is 13.1 Å². The molecule has 0 radical (unpaired) electrons. The van der Waals surface area contributed by atoms with E-state index >= 15 is 0 Å². The van der Waals surface area contributed by atoms with E-state index in [0.717, 1.165) is 39.1 Å². The number of rotatable bonds is 8. The largest absolute Gasteiger partial charge is 0.356 e. The number of imidazole rings is 1. The Bertz CT molecular complexity index is 1120. The second-order valence-electron chi connectivity index (χ2n) is 7.54. The molecule has 1 aromatic heterocycles. The van der Waals surface area contributed by atoms with Crippen molar-refractivity contribution in [3.8, 4) is 0 Å². The van der Waals surface area contributed by atoms with Gasteiger partial charge in [0.25, 0.3) is 0 Å². The number of amides is 1. The van der Waals surface area contributed by atoms with Crippen LogP contribution in [0.5, 0.6) is 0 Å². The van der Waals surface area contributed by atoms with Crippen molar-refractivity contribution in [1.82, 2.24) is 20.0 Å². The Balaban J connectivity index is 1.50. The zero-order valence-electron chi connectivity index (χ0n) is 17.8. The molecule has 160 valence electrons. The van der Waals surface area contributed by atoms with E-state index in [9.17, 15) is 13.2 Å². The normalized spacial score (nSPS) is 11.7. The highest BCUT2D eigenvalue weighted by Gasteiger charge is 2.21. The van der Waals surface area contributed by atoms with E-state index in [1.54, 1.807) is 13.8 Å². The molecule has 3 rings (SSSR count). The molecule has 0 fully saturated rings. The second kappa shape index (κ2) is 8.97. The highest BCUT2D eigenvalue weighted by atomic mass is 32.2. The molecular formula is C22H28N4O3S. The van der Waals surface area contributed by atoms with E-state index in [-0.39, 0.29) is 18.9 Å². The van der Waals surface area contributed by atoms with Crippen LogP contribution in [0, 0.1) is 27.7 Å². The van der Waals surface area contributed by atoms with Crippen LogP contribution in [0.15, 0.2) is 35.2 Å². The summed E-state index contributed by atoms with van der Waals surface area (Å²) in [5, 5.41) is 2.81. The van der Waals surface area contributed by atoms with Crippen LogP contribution in [0.4, 0.5) is 0 Å². The van der Waals surface area contributed by atoms with E-state index in [4.69, 9.17) is 0 Å². The summed E-state index contributed by atoms with van der Waals surface area (Å²) in [6, 6.07) is 9.74. The van der Waals surface area contributed by atoms with Crippen LogP contribution in [-0.4, -0.2) is 37.4 Å². The highest BCUT2D eigenvalue weighted by Crippen LogP contribution is 2.25. The van der Waals surface area contributed by atoms with Gasteiger partial charge in [-0.05, 0) is 62.1 Å². The topological polar surface area (TPSA) is 104 Å². The molecule has 30 heavy (non-hydrogen) atoms. The van der Waals surface area contributed by atoms with Crippen molar-refractivity contribution in [2.45, 2.75) is 45.4 Å². The summed E-state index contributed by atoms with van der Waals surface area (Å²) in [6.45, 7) is 7.89. The van der Waals surface area contributed by atoms with Crippen molar-refractivity contribution in [2.24, 2.45) is 0 Å². The third kappa shape index (κ3) is 4.88. The summed E-state index contributed by atoms with van der Waals surface area (Å²) in [5.41, 5.74) is 5.20. The fraction of sp³-hybridized carbons (Fsp3) is 0.364. The van der Waals surface area contributed by atoms with Crippen molar-refractivity contribution in [3.63, 3.8) is 0 Å². The van der Waals surface area contributed by atoms with Crippen molar-refractivity contribution >= 4 is 27.0 Å². The Morgan fingerprint density at radius 3 is 2.37 bits per heavy atom. The molecule has 1 heterocycles. The molecule has 3 aromatic rings. The SMILES string of the molecule is Cc1cc(C)c(C)c(S(=O)(=O)NCCC(=O)NCCc2nc3ccccc3[nH]2)c1C. The first kappa shape index (κ1) is 22.0. The molecule has 0 unspecified atom stereocenters. The van der Waals surface area contributed by atoms with E-state index in [1.807, 2.05) is 44.2 Å². The van der Waals surface area contributed by atoms with Gasteiger partial charge in [-0.25, -0.2) is 18.1 Å². The average Bonchev–Trinajstić information content (AvgIpc) is 3.09. The summed E-state index contributed by atoms with van der Waals surface area (Å²) in [7, 11) is -3.69. The number of aromatic nitrogens is 2. The molecule has 8 heteroatoms. The number of aromatic amines is 1. The number of nitrogens with one attached hydrogen (secondary N) is 3. The average molecular weight is 429 g/mol. The number of sulfonamides is 1. The molecule has 0 aliphatic heterocycles. The lowest BCUT2D eigenvalue weighted by molar-refractivity contribution is -0.120. The molecule has 0 saturated carbocycles. The van der Waals surface area contributed by atoms with Gasteiger partial charge in [0.15, 0.2) is 0 Å². The molecule has 0 aliphatic rings. The number of hydrogen-bond acceptors (Lipinski definition) is 4. The Morgan fingerprint density at radius 2 is 1.70 bits per heavy atom. The number of carbonyl (C=O) groups excluding carboxylic acids is 1. The zero-order chi connectivity index (χ0) is 21.9. The van der Waals surface area contributed by atoms with Gasteiger partial charge < -0.3 is 10.3 Å². The molecule has 1 amide bonds. The van der Waals surface area contributed by atoms with Crippen LogP contribution in [0.2, 0.25) is 0 Å². The quantitative estimate of drug-likeness (QED) is 0.513. The summed E-state index contributed by atoms with van der Waals surface area (Å²) in [4.78, 5) is 20.1. The van der Waals surface area contributed by atoms with Gasteiger partial charge in [0, 0.05) is 25.9 Å². The van der Waals surface area contributed by atoms with Gasteiger partial charge in [-0.2, -0.15) is 0 Å². The first-order valence-electron chi connectivity index (χ1n) is 9.96. The predicted octanol–water partition coefficient (Wildman–Crippen LogP) is 2.82. The van der Waals surface area contributed by atoms with Gasteiger partial charge in [0.1, 0.15) is 5.82 Å². The van der Waals surface area contributed by atoms with Gasteiger partial charge >= 0.3 is 0 Å². The van der Waals surface area contributed by atoms with E-state index in [0.29, 0.717) is 17.9 Å². The van der Waals surface area contributed by atoms with Crippen LogP contribution in [0.1, 0.15) is 34.5 Å². The molecule has 2 aromatic carbocycles. The summed E-state index contributed by atoms with van der Waals surface area (Å²) in [6.07, 6.45) is 0.648. The minimum Gasteiger partial charge on any atom is -0.356 e. The van der Waals surface area contributed by atoms with E-state index in [1.165, 1.54) is 0 Å². The first-order chi connectivity index (χ1) is 14.2. The van der Waals surface area contributed by atoms with E-state index in [2.05, 4.69) is 20.0 Å². The second-order valence-corrected chi connectivity index (χ2v) is 9.24. The van der Waals surface area contributed by atoms with Crippen molar-refractivity contribution in [1.29, 1.82) is 0 Å². The molecule has 0 saturated heterocycles. The van der Waals surface area contributed by atoms with Crippen molar-refractivity contribution < 1.29 is 13.2 Å². The molecule has 7 nitrogen and oxygen atoms in total. The number of carbonyl (C=O) groups is 1. The Labute approximate surface area is 177 Å². The standard InChI is InChI=1S/C22H28N4O3S/c1-14-13-15(2)17(4)22(16(14)3)30(28,29)24-12-10-21(27)23-11-9-20-25-18-7-5-6-8-19(18)26-20/h5-8,13,24H,9-12H2,1-4H3,(H,23,27)(H,25,26). The lowest BCUT2D eigenvalue weighted by atomic mass is 10.0. The third-order valence-electron chi connectivity index (χ3n) is 5.33. The molecule has 0 aliphatic carbocycles. The number of hydrogen-bond donors (Lipinski definition) is 3. The Morgan fingerprint density at radius 1 is 1.03 bits per heavy atom. The third-order valence-corrected chi connectivity index (χ3v) is 7.07. The lowest BCUT2D eigenvalue weighted by Gasteiger charge is -2.16. The van der Waals surface area contributed by atoms with E-state index < -0.39 is 10.0 Å². The molecule has 3 N–H and O–H groups in total. The maximum atomic E-state index is 12.8. The number of H-pyrrole nitrogens is 1. The smallest absolute Gasteiger partial charge is 0.241 e. The Kier molecular flexibility index (Phi) is 6.58. The monoisotopic (exact) mass is 428 g/mol. The van der Waals surface area contributed by atoms with Crippen molar-refractivity contribution in [3.05, 3.63) is 58.4 Å². The summed E-state index contributed by atoms with van der Waals surface area (Å²) < 4.78 is 28.1. The highest BCUT2D eigenvalue weighted by molar-refractivity contribution is 7.89. The molecule has 0 atom stereocenters. The van der Waals surface area contributed by atoms with Crippen LogP contribution in [0.3, 0.4) is 0 Å². The molecule has 0 spiro atoms. The van der Waals surface area contributed by atoms with Gasteiger partial charge in [0.05, 0.1) is 15.9 Å². The van der Waals surface area contributed by atoms with Gasteiger partial charge in [-0.3, -0.25) is 4.79 Å². The van der Waals surface area contributed by atoms with Crippen LogP contribution >= 0.6 is 0 Å². The fourth-order valence-corrected chi connectivity index (χ4v) is 5.13. The van der Waals surface area contributed by atoms with Gasteiger partial charge in [-0.15, -0.1) is 0 Å². The van der Waals surface area contributed by atoms with Crippen LogP contribution < -0.4 is 10.0 Å². The molecular weight excluding hydrogens is 400 g/mol. The lowest BCUT2D eigenvalue weighted by Crippen LogP contribution is -2.32. The number of aryl methyl sites for hydroxylation is 2. The van der Waals surface area contributed by atoms with Gasteiger partial charge in [0.2, 0.25) is 15.9 Å². The minimum atomic E-state index is -3.69. The Hall–Kier alpha value is -2.71. The maximum absolute atomic E-state index is 12.8. The summed E-state index contributed by atoms with van der Waals surface area (Å²) in [5.74, 6) is 0.598. The number of nitrogens with zero attached hydrogens (tertiary/aromatic N) is 1. The van der Waals surface area contributed by atoms with Crippen LogP contribution in [-0.2, 0) is 21.2 Å². The number of para-hydroxylation sites is 2.